The lowest BCUT2D eigenvalue weighted by atomic mass is 9.84. The third-order valence-electron chi connectivity index (χ3n) is 4.57. The van der Waals surface area contributed by atoms with E-state index in [0.29, 0.717) is 11.5 Å². The van der Waals surface area contributed by atoms with E-state index >= 15 is 0 Å². The van der Waals surface area contributed by atoms with Gasteiger partial charge in [0.05, 0.1) is 28.4 Å². The molecule has 0 saturated carbocycles. The molecule has 1 atom stereocenters. The van der Waals surface area contributed by atoms with Crippen LogP contribution in [0.3, 0.4) is 0 Å². The molecule has 0 saturated heterocycles. The Balaban J connectivity index is 2.01. The quantitative estimate of drug-likeness (QED) is 0.830. The number of carbonyl (C=O) groups is 1. The standard InChI is InChI=1S/C20H22O7/c1-23-13-7-5-12(6-8-13)10-20(22)11-27-14-9-15(24-2)17(25-3)18(26-4)16(14)19(20)21/h5-9,22H,10-11H2,1-4H3/t20-/m1/s1. The van der Waals surface area contributed by atoms with Crippen LogP contribution in [0.4, 0.5) is 0 Å². The molecular formula is C20H22O7. The summed E-state index contributed by atoms with van der Waals surface area (Å²) in [6.07, 6.45) is 0.0900. The number of aliphatic hydroxyl groups is 1. The van der Waals surface area contributed by atoms with Crippen LogP contribution in [-0.4, -0.2) is 51.5 Å². The van der Waals surface area contributed by atoms with Crippen LogP contribution >= 0.6 is 0 Å². The molecule has 1 aliphatic rings. The summed E-state index contributed by atoms with van der Waals surface area (Å²) < 4.78 is 26.8. The first-order valence-electron chi connectivity index (χ1n) is 8.33. The van der Waals surface area contributed by atoms with E-state index in [2.05, 4.69) is 0 Å². The van der Waals surface area contributed by atoms with E-state index in [1.165, 1.54) is 21.3 Å². The minimum Gasteiger partial charge on any atom is -0.497 e. The van der Waals surface area contributed by atoms with Gasteiger partial charge in [0, 0.05) is 12.5 Å². The molecule has 0 radical (unpaired) electrons. The van der Waals surface area contributed by atoms with E-state index in [1.807, 2.05) is 0 Å². The van der Waals surface area contributed by atoms with Gasteiger partial charge in [-0.2, -0.15) is 0 Å². The summed E-state index contributed by atoms with van der Waals surface area (Å²) in [5.41, 5.74) is -0.815. The number of rotatable bonds is 6. The predicted octanol–water partition coefficient (Wildman–Crippen LogP) is 2.27. The van der Waals surface area contributed by atoms with Crippen LogP contribution in [0.5, 0.6) is 28.7 Å². The molecular weight excluding hydrogens is 352 g/mol. The number of ether oxygens (including phenoxy) is 5. The Morgan fingerprint density at radius 2 is 1.67 bits per heavy atom. The van der Waals surface area contributed by atoms with E-state index in [-0.39, 0.29) is 35.8 Å². The van der Waals surface area contributed by atoms with Crippen LogP contribution in [-0.2, 0) is 6.42 Å². The topological polar surface area (TPSA) is 83.5 Å². The van der Waals surface area contributed by atoms with Gasteiger partial charge >= 0.3 is 0 Å². The van der Waals surface area contributed by atoms with Crippen molar-refractivity contribution in [2.75, 3.05) is 35.0 Å². The molecule has 0 bridgehead atoms. The Morgan fingerprint density at radius 3 is 2.22 bits per heavy atom. The Hall–Kier alpha value is -2.93. The number of fused-ring (bicyclic) bond motifs is 1. The van der Waals surface area contributed by atoms with Gasteiger partial charge in [-0.15, -0.1) is 0 Å². The van der Waals surface area contributed by atoms with Gasteiger partial charge in [-0.1, -0.05) is 12.1 Å². The molecule has 1 heterocycles. The minimum absolute atomic E-state index is 0.0900. The molecule has 0 amide bonds. The number of benzene rings is 2. The lowest BCUT2D eigenvalue weighted by Gasteiger charge is -2.33. The fraction of sp³-hybridized carbons (Fsp3) is 0.350. The van der Waals surface area contributed by atoms with Crippen LogP contribution in [0.2, 0.25) is 0 Å². The molecule has 3 rings (SSSR count). The molecule has 7 heteroatoms. The van der Waals surface area contributed by atoms with E-state index in [4.69, 9.17) is 23.7 Å². The zero-order valence-electron chi connectivity index (χ0n) is 15.7. The highest BCUT2D eigenvalue weighted by molar-refractivity contribution is 6.09. The lowest BCUT2D eigenvalue weighted by Crippen LogP contribution is -2.49. The normalized spacial score (nSPS) is 18.3. The smallest absolute Gasteiger partial charge is 0.205 e. The lowest BCUT2D eigenvalue weighted by molar-refractivity contribution is -0.00250. The molecule has 1 aliphatic heterocycles. The van der Waals surface area contributed by atoms with Crippen LogP contribution in [0, 0.1) is 0 Å². The molecule has 0 fully saturated rings. The molecule has 0 spiro atoms. The first kappa shape index (κ1) is 18.8. The molecule has 0 unspecified atom stereocenters. The van der Waals surface area contributed by atoms with Crippen LogP contribution in [0.1, 0.15) is 15.9 Å². The summed E-state index contributed by atoms with van der Waals surface area (Å²) in [4.78, 5) is 13.2. The van der Waals surface area contributed by atoms with Gasteiger partial charge in [0.1, 0.15) is 23.7 Å². The fourth-order valence-corrected chi connectivity index (χ4v) is 3.17. The summed E-state index contributed by atoms with van der Waals surface area (Å²) in [6.45, 7) is -0.177. The van der Waals surface area contributed by atoms with Crippen molar-refractivity contribution in [1.82, 2.24) is 0 Å². The van der Waals surface area contributed by atoms with Gasteiger partial charge in [0.2, 0.25) is 11.5 Å². The SMILES string of the molecule is COc1ccc(C[C@@]2(O)COc3cc(OC)c(OC)c(OC)c3C2=O)cc1. The molecule has 144 valence electrons. The van der Waals surface area contributed by atoms with Crippen molar-refractivity contribution in [3.8, 4) is 28.7 Å². The highest BCUT2D eigenvalue weighted by Crippen LogP contribution is 2.48. The van der Waals surface area contributed by atoms with E-state index in [1.54, 1.807) is 37.4 Å². The maximum Gasteiger partial charge on any atom is 0.205 e. The number of ketones is 1. The van der Waals surface area contributed by atoms with Crippen molar-refractivity contribution in [2.24, 2.45) is 0 Å². The highest BCUT2D eigenvalue weighted by Gasteiger charge is 2.45. The molecule has 7 nitrogen and oxygen atoms in total. The second kappa shape index (κ2) is 7.36. The number of hydrogen-bond acceptors (Lipinski definition) is 7. The van der Waals surface area contributed by atoms with E-state index in [9.17, 15) is 9.90 Å². The maximum absolute atomic E-state index is 13.2. The van der Waals surface area contributed by atoms with Crippen LogP contribution in [0.25, 0.3) is 0 Å². The van der Waals surface area contributed by atoms with Gasteiger partial charge in [0.15, 0.2) is 17.1 Å². The average molecular weight is 374 g/mol. The second-order valence-corrected chi connectivity index (χ2v) is 6.19. The first-order chi connectivity index (χ1) is 13.0. The molecule has 0 aliphatic carbocycles. The highest BCUT2D eigenvalue weighted by atomic mass is 16.5. The Kier molecular flexibility index (Phi) is 5.14. The third kappa shape index (κ3) is 3.26. The summed E-state index contributed by atoms with van der Waals surface area (Å²) in [5, 5.41) is 11.0. The van der Waals surface area contributed by atoms with Gasteiger partial charge < -0.3 is 28.8 Å². The summed E-state index contributed by atoms with van der Waals surface area (Å²) in [5.74, 6) is 1.31. The number of methoxy groups -OCH3 is 4. The molecule has 2 aromatic carbocycles. The van der Waals surface area contributed by atoms with Gasteiger partial charge in [-0.3, -0.25) is 4.79 Å². The summed E-state index contributed by atoms with van der Waals surface area (Å²) in [6, 6.07) is 8.70. The largest absolute Gasteiger partial charge is 0.497 e. The Morgan fingerprint density at radius 1 is 1.00 bits per heavy atom. The van der Waals surface area contributed by atoms with E-state index < -0.39 is 11.4 Å². The van der Waals surface area contributed by atoms with Crippen molar-refractivity contribution in [2.45, 2.75) is 12.0 Å². The summed E-state index contributed by atoms with van der Waals surface area (Å²) in [7, 11) is 5.92. The van der Waals surface area contributed by atoms with Crippen molar-refractivity contribution in [3.63, 3.8) is 0 Å². The first-order valence-corrected chi connectivity index (χ1v) is 8.33. The number of Topliss-reactive ketones (excluding diaryl/α,β-unsaturated/α-hetero) is 1. The summed E-state index contributed by atoms with van der Waals surface area (Å²) >= 11 is 0. The van der Waals surface area contributed by atoms with Crippen molar-refractivity contribution >= 4 is 5.78 Å². The molecule has 27 heavy (non-hydrogen) atoms. The number of hydrogen-bond donors (Lipinski definition) is 1. The minimum atomic E-state index is -1.73. The third-order valence-corrected chi connectivity index (χ3v) is 4.57. The zero-order valence-corrected chi connectivity index (χ0v) is 15.7. The van der Waals surface area contributed by atoms with Crippen molar-refractivity contribution in [1.29, 1.82) is 0 Å². The molecule has 1 N–H and O–H groups in total. The maximum atomic E-state index is 13.2. The number of carbonyl (C=O) groups excluding carboxylic acids is 1. The fourth-order valence-electron chi connectivity index (χ4n) is 3.17. The van der Waals surface area contributed by atoms with Gasteiger partial charge in [0.25, 0.3) is 0 Å². The molecule has 2 aromatic rings. The van der Waals surface area contributed by atoms with Crippen LogP contribution in [0.15, 0.2) is 30.3 Å². The van der Waals surface area contributed by atoms with E-state index in [0.717, 1.165) is 5.56 Å². The predicted molar refractivity (Wildman–Crippen MR) is 97.6 cm³/mol. The second-order valence-electron chi connectivity index (χ2n) is 6.19. The monoisotopic (exact) mass is 374 g/mol. The van der Waals surface area contributed by atoms with Gasteiger partial charge in [-0.05, 0) is 17.7 Å². The van der Waals surface area contributed by atoms with Gasteiger partial charge in [-0.25, -0.2) is 0 Å². The van der Waals surface area contributed by atoms with Crippen molar-refractivity contribution in [3.05, 3.63) is 41.5 Å². The Bertz CT molecular complexity index is 844. The Labute approximate surface area is 157 Å². The average Bonchev–Trinajstić information content (AvgIpc) is 2.70. The zero-order chi connectivity index (χ0) is 19.6. The molecule has 0 aromatic heterocycles. The van der Waals surface area contributed by atoms with Crippen molar-refractivity contribution < 1.29 is 33.6 Å². The van der Waals surface area contributed by atoms with Crippen LogP contribution < -0.4 is 23.7 Å².